The van der Waals surface area contributed by atoms with E-state index in [0.717, 1.165) is 4.90 Å². The third-order valence-corrected chi connectivity index (χ3v) is 2.82. The molecule has 0 nitrogen and oxygen atoms in total. The smallest absolute Gasteiger partial charge is 0.143 e. The number of hydrogen-bond acceptors (Lipinski definition) is 1. The van der Waals surface area contributed by atoms with Gasteiger partial charge in [0.05, 0.1) is 0 Å². The lowest BCUT2D eigenvalue weighted by atomic mass is 10.4. The Balaban J connectivity index is 2.89. The Morgan fingerprint density at radius 3 is 2.00 bits per heavy atom. The monoisotopic (exact) mass is 171 g/mol. The summed E-state index contributed by atoms with van der Waals surface area (Å²) in [5.74, 6) is 0. The Morgan fingerprint density at radius 2 is 1.60 bits per heavy atom. The summed E-state index contributed by atoms with van der Waals surface area (Å²) in [6.07, 6.45) is 4.43. The van der Waals surface area contributed by atoms with E-state index in [9.17, 15) is 0 Å². The van der Waals surface area contributed by atoms with E-state index in [1.165, 1.54) is 4.90 Å². The molecule has 1 aromatic rings. The Kier molecular flexibility index (Phi) is 2.69. The van der Waals surface area contributed by atoms with Crippen molar-refractivity contribution in [3.63, 3.8) is 0 Å². The van der Waals surface area contributed by atoms with Crippen LogP contribution >= 0.6 is 12.6 Å². The van der Waals surface area contributed by atoms with E-state index in [1.54, 1.807) is 0 Å². The van der Waals surface area contributed by atoms with Crippen molar-refractivity contribution >= 4 is 23.5 Å². The lowest BCUT2D eigenvalue weighted by molar-refractivity contribution is 1.35. The van der Waals surface area contributed by atoms with Crippen LogP contribution in [0.25, 0.3) is 0 Å². The predicted octanol–water partition coefficient (Wildman–Crippen LogP) is 2.21. The van der Waals surface area contributed by atoms with E-state index >= 15 is 0 Å². The molecule has 54 valence electrons. The standard InChI is InChI=1S/C8H10S2/c1-10(2)8-5-3-7(9)4-6-8/h3-6H,1-2H3/p+1. The van der Waals surface area contributed by atoms with Crippen LogP contribution in [0.3, 0.4) is 0 Å². The summed E-state index contributed by atoms with van der Waals surface area (Å²) in [6, 6.07) is 8.33. The van der Waals surface area contributed by atoms with Crippen LogP contribution < -0.4 is 0 Å². The maximum atomic E-state index is 4.20. The van der Waals surface area contributed by atoms with Gasteiger partial charge < -0.3 is 0 Å². The minimum atomic E-state index is 0.379. The third kappa shape index (κ3) is 1.96. The molecule has 10 heavy (non-hydrogen) atoms. The second-order valence-corrected chi connectivity index (χ2v) is 4.93. The fraction of sp³-hybridized carbons (Fsp3) is 0.250. The summed E-state index contributed by atoms with van der Waals surface area (Å²) in [4.78, 5) is 2.44. The molecule has 0 heterocycles. The molecule has 1 rings (SSSR count). The van der Waals surface area contributed by atoms with Crippen molar-refractivity contribution in [2.24, 2.45) is 0 Å². The highest BCUT2D eigenvalue weighted by atomic mass is 32.2. The number of rotatable bonds is 1. The topological polar surface area (TPSA) is 0 Å². The first kappa shape index (κ1) is 8.02. The molecule has 0 fully saturated rings. The normalized spacial score (nSPS) is 10.4. The van der Waals surface area contributed by atoms with Crippen molar-refractivity contribution in [1.29, 1.82) is 0 Å². The first-order valence-corrected chi connectivity index (χ1v) is 5.55. The Hall–Kier alpha value is -0.0800. The zero-order valence-corrected chi connectivity index (χ0v) is 7.88. The van der Waals surface area contributed by atoms with Gasteiger partial charge in [-0.05, 0) is 24.3 Å². The largest absolute Gasteiger partial charge is 0.154 e. The van der Waals surface area contributed by atoms with Crippen molar-refractivity contribution in [2.75, 3.05) is 12.5 Å². The van der Waals surface area contributed by atoms with E-state index in [-0.39, 0.29) is 0 Å². The molecule has 0 aliphatic heterocycles. The molecule has 0 aliphatic carbocycles. The van der Waals surface area contributed by atoms with Crippen LogP contribution in [-0.4, -0.2) is 12.5 Å². The van der Waals surface area contributed by atoms with Crippen LogP contribution in [0.1, 0.15) is 0 Å². The summed E-state index contributed by atoms with van der Waals surface area (Å²) >= 11 is 4.20. The average Bonchev–Trinajstić information content (AvgIpc) is 1.88. The van der Waals surface area contributed by atoms with Gasteiger partial charge in [0.2, 0.25) is 0 Å². The van der Waals surface area contributed by atoms with Gasteiger partial charge in [0.25, 0.3) is 0 Å². The van der Waals surface area contributed by atoms with Gasteiger partial charge in [0.1, 0.15) is 12.5 Å². The fourth-order valence-corrected chi connectivity index (χ4v) is 1.55. The minimum Gasteiger partial charge on any atom is -0.143 e. The fourth-order valence-electron chi connectivity index (χ4n) is 0.718. The SMILES string of the molecule is C[S+](C)c1ccc(S)cc1. The van der Waals surface area contributed by atoms with Crippen molar-refractivity contribution in [1.82, 2.24) is 0 Å². The molecule has 0 amide bonds. The molecule has 0 bridgehead atoms. The molecule has 0 aromatic heterocycles. The van der Waals surface area contributed by atoms with E-state index in [1.807, 2.05) is 12.1 Å². The van der Waals surface area contributed by atoms with Crippen LogP contribution in [0.15, 0.2) is 34.1 Å². The maximum Gasteiger partial charge on any atom is 0.154 e. The van der Waals surface area contributed by atoms with Crippen molar-refractivity contribution in [2.45, 2.75) is 9.79 Å². The quantitative estimate of drug-likeness (QED) is 0.486. The molecule has 1 aromatic carbocycles. The zero-order chi connectivity index (χ0) is 7.56. The molecule has 0 radical (unpaired) electrons. The first-order valence-electron chi connectivity index (χ1n) is 3.07. The molecule has 0 N–H and O–H groups in total. The lowest BCUT2D eigenvalue weighted by Gasteiger charge is -1.94. The van der Waals surface area contributed by atoms with Gasteiger partial charge in [-0.1, -0.05) is 0 Å². The highest BCUT2D eigenvalue weighted by Gasteiger charge is 2.05. The second kappa shape index (κ2) is 3.35. The Labute approximate surface area is 70.4 Å². The van der Waals surface area contributed by atoms with Gasteiger partial charge in [0.15, 0.2) is 4.90 Å². The average molecular weight is 171 g/mol. The molecule has 0 spiro atoms. The molecule has 0 aliphatic rings. The molecule has 2 heteroatoms. The molecule has 0 saturated carbocycles. The van der Waals surface area contributed by atoms with E-state index in [4.69, 9.17) is 0 Å². The van der Waals surface area contributed by atoms with Crippen LogP contribution in [0.4, 0.5) is 0 Å². The summed E-state index contributed by atoms with van der Waals surface area (Å²) in [7, 11) is 0.379. The van der Waals surface area contributed by atoms with Crippen molar-refractivity contribution in [3.05, 3.63) is 24.3 Å². The van der Waals surface area contributed by atoms with Gasteiger partial charge in [-0.2, -0.15) is 0 Å². The highest BCUT2D eigenvalue weighted by molar-refractivity contribution is 7.95. The molecular formula is C8H11S2+. The van der Waals surface area contributed by atoms with Crippen molar-refractivity contribution < 1.29 is 0 Å². The van der Waals surface area contributed by atoms with Gasteiger partial charge in [-0.15, -0.1) is 12.6 Å². The first-order chi connectivity index (χ1) is 4.70. The van der Waals surface area contributed by atoms with Crippen LogP contribution in [0.5, 0.6) is 0 Å². The van der Waals surface area contributed by atoms with Gasteiger partial charge in [-0.25, -0.2) is 0 Å². The van der Waals surface area contributed by atoms with Crippen LogP contribution in [0, 0.1) is 0 Å². The van der Waals surface area contributed by atoms with E-state index in [0.29, 0.717) is 10.9 Å². The number of thiol groups is 1. The minimum absolute atomic E-state index is 0.379. The Bertz CT molecular complexity index is 201. The third-order valence-electron chi connectivity index (χ3n) is 1.31. The summed E-state index contributed by atoms with van der Waals surface area (Å²) in [5.41, 5.74) is 0. The zero-order valence-electron chi connectivity index (χ0n) is 6.16. The van der Waals surface area contributed by atoms with E-state index < -0.39 is 0 Å². The van der Waals surface area contributed by atoms with E-state index in [2.05, 4.69) is 37.3 Å². The van der Waals surface area contributed by atoms with Gasteiger partial charge in [0, 0.05) is 15.8 Å². The summed E-state index contributed by atoms with van der Waals surface area (Å²) < 4.78 is 0. The van der Waals surface area contributed by atoms with Crippen molar-refractivity contribution in [3.8, 4) is 0 Å². The predicted molar refractivity (Wildman–Crippen MR) is 51.2 cm³/mol. The Morgan fingerprint density at radius 1 is 1.10 bits per heavy atom. The summed E-state index contributed by atoms with van der Waals surface area (Å²) in [5, 5.41) is 0. The summed E-state index contributed by atoms with van der Waals surface area (Å²) in [6.45, 7) is 0. The lowest BCUT2D eigenvalue weighted by Crippen LogP contribution is -1.93. The number of benzene rings is 1. The van der Waals surface area contributed by atoms with Crippen LogP contribution in [-0.2, 0) is 10.9 Å². The number of hydrogen-bond donors (Lipinski definition) is 1. The van der Waals surface area contributed by atoms with Gasteiger partial charge in [-0.3, -0.25) is 0 Å². The van der Waals surface area contributed by atoms with Gasteiger partial charge >= 0.3 is 0 Å². The maximum absolute atomic E-state index is 4.20. The van der Waals surface area contributed by atoms with Crippen LogP contribution in [0.2, 0.25) is 0 Å². The highest BCUT2D eigenvalue weighted by Crippen LogP contribution is 2.12. The molecular weight excluding hydrogens is 160 g/mol. The molecule has 0 atom stereocenters. The second-order valence-electron chi connectivity index (χ2n) is 2.31. The molecule has 0 unspecified atom stereocenters. The molecule has 0 saturated heterocycles.